The van der Waals surface area contributed by atoms with Gasteiger partial charge in [-0.2, -0.15) is 0 Å². The third-order valence-corrected chi connectivity index (χ3v) is 4.99. The van der Waals surface area contributed by atoms with Crippen molar-refractivity contribution in [2.45, 2.75) is 20.3 Å². The number of amides is 1. The summed E-state index contributed by atoms with van der Waals surface area (Å²) in [5.74, 6) is -0.126. The van der Waals surface area contributed by atoms with Gasteiger partial charge in [0.1, 0.15) is 6.33 Å². The zero-order valence-corrected chi connectivity index (χ0v) is 17.0. The Kier molecular flexibility index (Phi) is 5.61. The van der Waals surface area contributed by atoms with E-state index in [2.05, 4.69) is 20.3 Å². The maximum absolute atomic E-state index is 12.8. The van der Waals surface area contributed by atoms with E-state index in [-0.39, 0.29) is 5.91 Å². The minimum Gasteiger partial charge on any atom is -0.322 e. The summed E-state index contributed by atoms with van der Waals surface area (Å²) < 4.78 is 0. The van der Waals surface area contributed by atoms with Crippen LogP contribution in [0.1, 0.15) is 32.7 Å². The largest absolute Gasteiger partial charge is 0.322 e. The molecule has 148 valence electrons. The zero-order valence-electron chi connectivity index (χ0n) is 17.0. The number of aromatic nitrogens is 3. The van der Waals surface area contributed by atoms with Gasteiger partial charge in [0.15, 0.2) is 0 Å². The summed E-state index contributed by atoms with van der Waals surface area (Å²) in [6.07, 6.45) is 5.65. The first-order valence-corrected chi connectivity index (χ1v) is 9.78. The fourth-order valence-electron chi connectivity index (χ4n) is 3.37. The number of benzene rings is 2. The van der Waals surface area contributed by atoms with E-state index in [1.165, 1.54) is 6.33 Å². The summed E-state index contributed by atoms with van der Waals surface area (Å²) in [6, 6.07) is 19.3. The fraction of sp³-hybridized carbons (Fsp3) is 0.120. The lowest BCUT2D eigenvalue weighted by Crippen LogP contribution is -2.12. The number of hydrogen-bond acceptors (Lipinski definition) is 4. The lowest BCUT2D eigenvalue weighted by atomic mass is 9.97. The highest BCUT2D eigenvalue weighted by molar-refractivity contribution is 6.04. The summed E-state index contributed by atoms with van der Waals surface area (Å²) in [5, 5.41) is 2.98. The molecule has 5 nitrogen and oxygen atoms in total. The van der Waals surface area contributed by atoms with Gasteiger partial charge in [-0.05, 0) is 73.0 Å². The second-order valence-corrected chi connectivity index (χ2v) is 7.23. The molecule has 0 unspecified atom stereocenters. The monoisotopic (exact) mass is 394 g/mol. The molecule has 0 spiro atoms. The highest BCUT2D eigenvalue weighted by Crippen LogP contribution is 2.24. The lowest BCUT2D eigenvalue weighted by molar-refractivity contribution is 0.102. The van der Waals surface area contributed by atoms with Crippen molar-refractivity contribution in [3.63, 3.8) is 0 Å². The molecule has 0 saturated heterocycles. The summed E-state index contributed by atoms with van der Waals surface area (Å²) in [4.78, 5) is 25.7. The van der Waals surface area contributed by atoms with Crippen molar-refractivity contribution < 1.29 is 4.79 Å². The van der Waals surface area contributed by atoms with Crippen molar-refractivity contribution >= 4 is 11.6 Å². The van der Waals surface area contributed by atoms with Gasteiger partial charge in [0.2, 0.25) is 0 Å². The third-order valence-electron chi connectivity index (χ3n) is 4.99. The standard InChI is InChI=1S/C25H22N4O/c1-17-5-3-6-21(13-17)29-25(30)19-9-8-18(2)20(14-19)15-24-22(7-4-11-27-24)23-10-12-26-16-28-23/h3-14,16H,15H2,1-2H3,(H,29,30). The van der Waals surface area contributed by atoms with Gasteiger partial charge in [0.05, 0.1) is 11.4 Å². The molecule has 2 aromatic carbocycles. The van der Waals surface area contributed by atoms with Gasteiger partial charge in [-0.1, -0.05) is 18.2 Å². The first-order valence-electron chi connectivity index (χ1n) is 9.78. The maximum Gasteiger partial charge on any atom is 0.255 e. The number of pyridine rings is 1. The minimum absolute atomic E-state index is 0.126. The van der Waals surface area contributed by atoms with E-state index in [0.29, 0.717) is 12.0 Å². The molecule has 0 atom stereocenters. The smallest absolute Gasteiger partial charge is 0.255 e. The van der Waals surface area contributed by atoms with E-state index in [4.69, 9.17) is 0 Å². The van der Waals surface area contributed by atoms with Crippen molar-refractivity contribution in [1.82, 2.24) is 15.0 Å². The second-order valence-electron chi connectivity index (χ2n) is 7.23. The van der Waals surface area contributed by atoms with Crippen LogP contribution >= 0.6 is 0 Å². The molecule has 4 aromatic rings. The molecule has 0 aliphatic heterocycles. The van der Waals surface area contributed by atoms with Crippen molar-refractivity contribution in [1.29, 1.82) is 0 Å². The van der Waals surface area contributed by atoms with Crippen LogP contribution in [0.25, 0.3) is 11.3 Å². The molecule has 0 aliphatic carbocycles. The Morgan fingerprint density at radius 1 is 0.933 bits per heavy atom. The molecule has 1 N–H and O–H groups in total. The molecule has 2 aromatic heterocycles. The lowest BCUT2D eigenvalue weighted by Gasteiger charge is -2.12. The summed E-state index contributed by atoms with van der Waals surface area (Å²) in [7, 11) is 0. The quantitative estimate of drug-likeness (QED) is 0.517. The topological polar surface area (TPSA) is 67.8 Å². The van der Waals surface area contributed by atoms with E-state index >= 15 is 0 Å². The number of anilines is 1. The second kappa shape index (κ2) is 8.66. The molecule has 4 rings (SSSR count). The van der Waals surface area contributed by atoms with E-state index in [1.54, 1.807) is 12.4 Å². The summed E-state index contributed by atoms with van der Waals surface area (Å²) in [5.41, 5.74) is 7.39. The summed E-state index contributed by atoms with van der Waals surface area (Å²) >= 11 is 0. The number of carbonyl (C=O) groups is 1. The maximum atomic E-state index is 12.8. The minimum atomic E-state index is -0.126. The van der Waals surface area contributed by atoms with E-state index in [0.717, 1.165) is 39.3 Å². The number of carbonyl (C=O) groups excluding carboxylic acids is 1. The number of nitrogens with zero attached hydrogens (tertiary/aromatic N) is 3. The number of nitrogens with one attached hydrogen (secondary N) is 1. The van der Waals surface area contributed by atoms with Crippen LogP contribution in [-0.4, -0.2) is 20.9 Å². The first kappa shape index (κ1) is 19.5. The SMILES string of the molecule is Cc1cccc(NC(=O)c2ccc(C)c(Cc3ncccc3-c3ccncn3)c2)c1. The molecule has 0 bridgehead atoms. The van der Waals surface area contributed by atoms with Crippen molar-refractivity contribution in [2.24, 2.45) is 0 Å². The van der Waals surface area contributed by atoms with E-state index in [1.807, 2.05) is 74.5 Å². The van der Waals surface area contributed by atoms with Crippen LogP contribution in [0.3, 0.4) is 0 Å². The van der Waals surface area contributed by atoms with Gasteiger partial charge in [-0.25, -0.2) is 9.97 Å². The predicted molar refractivity (Wildman–Crippen MR) is 118 cm³/mol. The Morgan fingerprint density at radius 3 is 2.63 bits per heavy atom. The Bertz CT molecular complexity index is 1190. The van der Waals surface area contributed by atoms with Gasteiger partial charge in [-0.15, -0.1) is 0 Å². The van der Waals surface area contributed by atoms with Crippen LogP contribution < -0.4 is 5.32 Å². The summed E-state index contributed by atoms with van der Waals surface area (Å²) in [6.45, 7) is 4.05. The van der Waals surface area contributed by atoms with Gasteiger partial charge < -0.3 is 5.32 Å². The molecule has 0 radical (unpaired) electrons. The predicted octanol–water partition coefficient (Wildman–Crippen LogP) is 5.00. The number of aryl methyl sites for hydroxylation is 2. The molecule has 1 amide bonds. The molecule has 0 aliphatic rings. The van der Waals surface area contributed by atoms with E-state index in [9.17, 15) is 4.79 Å². The van der Waals surface area contributed by atoms with Crippen LogP contribution in [-0.2, 0) is 6.42 Å². The Balaban J connectivity index is 1.61. The van der Waals surface area contributed by atoms with Gasteiger partial charge >= 0.3 is 0 Å². The highest BCUT2D eigenvalue weighted by Gasteiger charge is 2.13. The van der Waals surface area contributed by atoms with Gasteiger partial charge in [0.25, 0.3) is 5.91 Å². The van der Waals surface area contributed by atoms with Crippen LogP contribution in [0.2, 0.25) is 0 Å². The van der Waals surface area contributed by atoms with Crippen LogP contribution in [0.4, 0.5) is 5.69 Å². The van der Waals surface area contributed by atoms with Crippen molar-refractivity contribution in [3.8, 4) is 11.3 Å². The fourth-order valence-corrected chi connectivity index (χ4v) is 3.37. The molecule has 5 heteroatoms. The van der Waals surface area contributed by atoms with Crippen molar-refractivity contribution in [3.05, 3.63) is 107 Å². The first-order chi connectivity index (χ1) is 14.6. The highest BCUT2D eigenvalue weighted by atomic mass is 16.1. The van der Waals surface area contributed by atoms with Gasteiger partial charge in [0, 0.05) is 35.6 Å². The molecule has 0 fully saturated rings. The normalized spacial score (nSPS) is 10.6. The molecule has 2 heterocycles. The van der Waals surface area contributed by atoms with Crippen LogP contribution in [0, 0.1) is 13.8 Å². The van der Waals surface area contributed by atoms with Gasteiger partial charge in [-0.3, -0.25) is 9.78 Å². The van der Waals surface area contributed by atoms with Crippen molar-refractivity contribution in [2.75, 3.05) is 5.32 Å². The average Bonchev–Trinajstić information content (AvgIpc) is 2.76. The molecular weight excluding hydrogens is 372 g/mol. The Labute approximate surface area is 175 Å². The van der Waals surface area contributed by atoms with Crippen LogP contribution in [0.15, 0.2) is 79.4 Å². The average molecular weight is 394 g/mol. The number of hydrogen-bond donors (Lipinski definition) is 1. The Hall–Kier alpha value is -3.86. The Morgan fingerprint density at radius 2 is 1.83 bits per heavy atom. The zero-order chi connectivity index (χ0) is 20.9. The van der Waals surface area contributed by atoms with Crippen LogP contribution in [0.5, 0.6) is 0 Å². The molecule has 0 saturated carbocycles. The third kappa shape index (κ3) is 4.41. The van der Waals surface area contributed by atoms with E-state index < -0.39 is 0 Å². The molecular formula is C25H22N4O. The number of rotatable bonds is 5. The molecule has 30 heavy (non-hydrogen) atoms.